The number of para-hydroxylation sites is 1. The Kier molecular flexibility index (Phi) is 5.72. The second kappa shape index (κ2) is 8.21. The van der Waals surface area contributed by atoms with Crippen LogP contribution in [0.25, 0.3) is 11.2 Å². The maximum absolute atomic E-state index is 12.8. The number of phenols is 1. The van der Waals surface area contributed by atoms with Gasteiger partial charge in [0, 0.05) is 5.56 Å². The van der Waals surface area contributed by atoms with Crippen LogP contribution in [-0.4, -0.2) is 73.3 Å². The number of nitrogens with two attached hydrogens (primary N) is 1. The first kappa shape index (κ1) is 22.3. The van der Waals surface area contributed by atoms with Crippen LogP contribution in [0.3, 0.4) is 0 Å². The summed E-state index contributed by atoms with van der Waals surface area (Å²) < 4.78 is 39.2. The quantitative estimate of drug-likeness (QED) is 0.220. The molecule has 2 aromatic heterocycles. The van der Waals surface area contributed by atoms with Gasteiger partial charge in [0.1, 0.15) is 42.2 Å². The highest BCUT2D eigenvalue weighted by Gasteiger charge is 2.58. The molecule has 4 rings (SSSR count). The summed E-state index contributed by atoms with van der Waals surface area (Å²) >= 11 is 0. The molecule has 3 aromatic rings. The highest BCUT2D eigenvalue weighted by atomic mass is 32.2. The number of aromatic nitrogens is 4. The monoisotopic (exact) mass is 468 g/mol. The normalized spacial score (nSPS) is 26.0. The summed E-state index contributed by atoms with van der Waals surface area (Å²) in [7, 11) is -4.69. The molecule has 0 aliphatic carbocycles. The number of nitrogens with one attached hydrogen (secondary N) is 1. The molecule has 1 aliphatic heterocycles. The Hall–Kier alpha value is -2.92. The molecule has 3 heterocycles. The first-order chi connectivity index (χ1) is 15.2. The maximum atomic E-state index is 12.8. The van der Waals surface area contributed by atoms with Gasteiger partial charge in [0.2, 0.25) is 5.85 Å². The van der Waals surface area contributed by atoms with E-state index >= 15 is 0 Å². The molecule has 0 bridgehead atoms. The number of fused-ring (bicyclic) bond motifs is 1. The van der Waals surface area contributed by atoms with E-state index in [-0.39, 0.29) is 28.3 Å². The fourth-order valence-electron chi connectivity index (χ4n) is 3.36. The molecule has 7 N–H and O–H groups in total. The third-order valence-electron chi connectivity index (χ3n) is 4.97. The van der Waals surface area contributed by atoms with Crippen molar-refractivity contribution in [3.63, 3.8) is 0 Å². The number of nitrogen functional groups attached to an aromatic ring is 1. The van der Waals surface area contributed by atoms with Crippen LogP contribution in [0, 0.1) is 0 Å². The molecule has 0 amide bonds. The van der Waals surface area contributed by atoms with Crippen molar-refractivity contribution in [2.24, 2.45) is 0 Å². The number of aliphatic hydroxyl groups is 3. The number of imidazole rings is 1. The SMILES string of the molecule is Nc1ncnc2c1ncn2[C@]1(NS(=O)(=O)OCc2ccccc2O)O[C@H](CO)[C@@H](O)[C@H]1O. The predicted octanol–water partition coefficient (Wildman–Crippen LogP) is -2.11. The third-order valence-corrected chi connectivity index (χ3v) is 5.94. The van der Waals surface area contributed by atoms with Crippen LogP contribution in [0.2, 0.25) is 0 Å². The highest BCUT2D eigenvalue weighted by Crippen LogP contribution is 2.36. The smallest absolute Gasteiger partial charge is 0.340 e. The molecule has 32 heavy (non-hydrogen) atoms. The summed E-state index contributed by atoms with van der Waals surface area (Å²) in [6.07, 6.45) is -2.79. The van der Waals surface area contributed by atoms with Crippen molar-refractivity contribution in [1.82, 2.24) is 24.2 Å². The molecule has 4 atom stereocenters. The fraction of sp³-hybridized carbons (Fsp3) is 0.353. The second-order valence-electron chi connectivity index (χ2n) is 6.96. The number of hydrogen-bond acceptors (Lipinski definition) is 12. The standard InChI is InChI=1S/C17H20N6O8S/c18-15-12-16(20-7-19-15)23(8-21-12)17(14(27)13(26)11(5-24)31-17)22-32(28,29)30-6-9-3-1-2-4-10(9)25/h1-4,7-8,11,13-14,22,24-27H,5-6H2,(H2,18,19,20)/t11-,13-,14-,17+/m1/s1. The lowest BCUT2D eigenvalue weighted by atomic mass is 10.1. The number of rotatable bonds is 7. The Labute approximate surface area is 181 Å². The summed E-state index contributed by atoms with van der Waals surface area (Å²) in [5, 5.41) is 40.4. The van der Waals surface area contributed by atoms with Crippen LogP contribution in [0.4, 0.5) is 5.82 Å². The van der Waals surface area contributed by atoms with Gasteiger partial charge in [-0.1, -0.05) is 18.2 Å². The van der Waals surface area contributed by atoms with Crippen LogP contribution in [-0.2, 0) is 31.7 Å². The Morgan fingerprint density at radius 2 is 2.00 bits per heavy atom. The van der Waals surface area contributed by atoms with Crippen LogP contribution in [0.5, 0.6) is 5.75 Å². The van der Waals surface area contributed by atoms with Gasteiger partial charge in [0.25, 0.3) is 0 Å². The Balaban J connectivity index is 1.74. The van der Waals surface area contributed by atoms with Gasteiger partial charge >= 0.3 is 10.3 Å². The Morgan fingerprint density at radius 3 is 2.69 bits per heavy atom. The van der Waals surface area contributed by atoms with Crippen LogP contribution < -0.4 is 10.5 Å². The maximum Gasteiger partial charge on any atom is 0.340 e. The van der Waals surface area contributed by atoms with Crippen LogP contribution >= 0.6 is 0 Å². The van der Waals surface area contributed by atoms with Crippen molar-refractivity contribution in [2.75, 3.05) is 12.3 Å². The number of aliphatic hydroxyl groups excluding tert-OH is 3. The van der Waals surface area contributed by atoms with Gasteiger partial charge in [-0.2, -0.15) is 8.42 Å². The molecular weight excluding hydrogens is 448 g/mol. The van der Waals surface area contributed by atoms with Crippen molar-refractivity contribution in [3.8, 4) is 5.75 Å². The highest BCUT2D eigenvalue weighted by molar-refractivity contribution is 7.84. The zero-order valence-electron chi connectivity index (χ0n) is 16.3. The summed E-state index contributed by atoms with van der Waals surface area (Å²) in [5.41, 5.74) is 6.02. The number of benzene rings is 1. The minimum absolute atomic E-state index is 0.0192. The van der Waals surface area contributed by atoms with E-state index in [4.69, 9.17) is 14.7 Å². The van der Waals surface area contributed by atoms with E-state index in [0.717, 1.165) is 17.2 Å². The van der Waals surface area contributed by atoms with E-state index < -0.39 is 47.7 Å². The number of anilines is 1. The zero-order valence-corrected chi connectivity index (χ0v) is 17.1. The average Bonchev–Trinajstić information content (AvgIpc) is 3.30. The molecule has 1 aromatic carbocycles. The van der Waals surface area contributed by atoms with E-state index in [2.05, 4.69) is 19.7 Å². The van der Waals surface area contributed by atoms with Crippen molar-refractivity contribution >= 4 is 27.3 Å². The van der Waals surface area contributed by atoms with E-state index in [1.165, 1.54) is 12.1 Å². The molecule has 0 saturated carbocycles. The molecule has 1 aliphatic rings. The number of hydrogen-bond donors (Lipinski definition) is 6. The molecular formula is C17H20N6O8S. The molecule has 14 nitrogen and oxygen atoms in total. The van der Waals surface area contributed by atoms with E-state index in [1.54, 1.807) is 12.1 Å². The van der Waals surface area contributed by atoms with E-state index in [0.29, 0.717) is 0 Å². The molecule has 0 radical (unpaired) electrons. The van der Waals surface area contributed by atoms with Crippen molar-refractivity contribution in [1.29, 1.82) is 0 Å². The molecule has 172 valence electrons. The Bertz CT molecular complexity index is 1240. The van der Waals surface area contributed by atoms with Crippen LogP contribution in [0.15, 0.2) is 36.9 Å². The lowest BCUT2D eigenvalue weighted by Gasteiger charge is -2.33. The van der Waals surface area contributed by atoms with Gasteiger partial charge in [0.15, 0.2) is 11.5 Å². The van der Waals surface area contributed by atoms with Crippen molar-refractivity contribution < 1.29 is 37.8 Å². The summed E-state index contributed by atoms with van der Waals surface area (Å²) in [6, 6.07) is 5.94. The zero-order chi connectivity index (χ0) is 23.1. The number of aromatic hydroxyl groups is 1. The first-order valence-electron chi connectivity index (χ1n) is 9.22. The van der Waals surface area contributed by atoms with E-state index in [1.807, 2.05) is 0 Å². The topological polar surface area (TPSA) is 215 Å². The van der Waals surface area contributed by atoms with Gasteiger partial charge in [0.05, 0.1) is 13.2 Å². The Morgan fingerprint density at radius 1 is 1.25 bits per heavy atom. The van der Waals surface area contributed by atoms with Crippen LogP contribution in [0.1, 0.15) is 5.56 Å². The molecule has 1 saturated heterocycles. The molecule has 0 spiro atoms. The second-order valence-corrected chi connectivity index (χ2v) is 8.31. The number of ether oxygens (including phenoxy) is 1. The fourth-order valence-corrected chi connectivity index (χ4v) is 4.33. The lowest BCUT2D eigenvalue weighted by molar-refractivity contribution is -0.155. The van der Waals surface area contributed by atoms with Gasteiger partial charge in [-0.15, -0.1) is 4.72 Å². The van der Waals surface area contributed by atoms with Gasteiger partial charge in [-0.3, -0.25) is 8.75 Å². The number of nitrogens with zero attached hydrogens (tertiary/aromatic N) is 4. The van der Waals surface area contributed by atoms with E-state index in [9.17, 15) is 28.8 Å². The summed E-state index contributed by atoms with van der Waals surface area (Å²) in [4.78, 5) is 11.8. The van der Waals surface area contributed by atoms with Crippen molar-refractivity contribution in [3.05, 3.63) is 42.5 Å². The van der Waals surface area contributed by atoms with Gasteiger partial charge in [-0.05, 0) is 6.07 Å². The molecule has 15 heteroatoms. The summed E-state index contributed by atoms with van der Waals surface area (Å²) in [5.74, 6) is -2.60. The van der Waals surface area contributed by atoms with Gasteiger partial charge < -0.3 is 30.9 Å². The lowest BCUT2D eigenvalue weighted by Crippen LogP contribution is -2.58. The van der Waals surface area contributed by atoms with Gasteiger partial charge in [-0.25, -0.2) is 15.0 Å². The first-order valence-corrected chi connectivity index (χ1v) is 10.6. The minimum Gasteiger partial charge on any atom is -0.508 e. The molecule has 1 fully saturated rings. The predicted molar refractivity (Wildman–Crippen MR) is 107 cm³/mol. The number of phenolic OH excluding ortho intramolecular Hbond substituents is 1. The average molecular weight is 468 g/mol. The minimum atomic E-state index is -4.69. The third kappa shape index (κ3) is 3.75. The van der Waals surface area contributed by atoms with Crippen molar-refractivity contribution in [2.45, 2.75) is 30.8 Å². The molecule has 0 unspecified atom stereocenters. The largest absolute Gasteiger partial charge is 0.508 e. The summed E-state index contributed by atoms with van der Waals surface area (Å²) in [6.45, 7) is -1.27.